The van der Waals surface area contributed by atoms with Gasteiger partial charge in [-0.3, -0.25) is 4.79 Å². The molecule has 0 unspecified atom stereocenters. The van der Waals surface area contributed by atoms with Crippen LogP contribution in [0, 0.1) is 13.8 Å². The molecule has 0 atom stereocenters. The van der Waals surface area contributed by atoms with Gasteiger partial charge in [0, 0.05) is 6.07 Å². The normalized spacial score (nSPS) is 11.1. The minimum atomic E-state index is -0.869. The Hall–Kier alpha value is -4.46. The smallest absolute Gasteiger partial charge is 0.351 e. The lowest BCUT2D eigenvalue weighted by molar-refractivity contribution is 0.104. The summed E-state index contributed by atoms with van der Waals surface area (Å²) in [6.45, 7) is 4.49. The van der Waals surface area contributed by atoms with Crippen molar-refractivity contribution in [2.45, 2.75) is 27.0 Å². The third-order valence-corrected chi connectivity index (χ3v) is 5.17. The Morgan fingerprint density at radius 3 is 2.65 bits per heavy atom. The van der Waals surface area contributed by atoms with Crippen molar-refractivity contribution in [2.75, 3.05) is 0 Å². The number of benzene rings is 2. The maximum absolute atomic E-state index is 12.3. The number of nitrogens with zero attached hydrogens (tertiary/aromatic N) is 3. The number of carbonyl (C=O) groups excluding carboxylic acids is 1. The number of hydrogen-bond acceptors (Lipinski definition) is 7. The van der Waals surface area contributed by atoms with Crippen molar-refractivity contribution in [1.29, 1.82) is 0 Å². The van der Waals surface area contributed by atoms with Crippen LogP contribution in [-0.2, 0) is 13.2 Å². The molecule has 0 spiro atoms. The molecule has 2 aromatic heterocycles. The van der Waals surface area contributed by atoms with Crippen molar-refractivity contribution < 1.29 is 19.1 Å². The second kappa shape index (κ2) is 9.99. The van der Waals surface area contributed by atoms with Gasteiger partial charge in [-0.15, -0.1) is 5.10 Å². The van der Waals surface area contributed by atoms with E-state index in [1.54, 1.807) is 35.0 Å². The number of ketones is 1. The van der Waals surface area contributed by atoms with Gasteiger partial charge in [-0.25, -0.2) is 9.48 Å². The molecule has 34 heavy (non-hydrogen) atoms. The first kappa shape index (κ1) is 22.7. The molecule has 0 bridgehead atoms. The summed E-state index contributed by atoms with van der Waals surface area (Å²) < 4.78 is 12.4. The van der Waals surface area contributed by atoms with Crippen LogP contribution in [0.4, 0.5) is 0 Å². The number of ether oxygens (including phenoxy) is 1. The van der Waals surface area contributed by atoms with E-state index in [1.165, 1.54) is 30.2 Å². The molecule has 4 aromatic rings. The van der Waals surface area contributed by atoms with Crippen LogP contribution in [0.5, 0.6) is 11.5 Å². The van der Waals surface area contributed by atoms with Gasteiger partial charge in [0.2, 0.25) is 0 Å². The van der Waals surface area contributed by atoms with E-state index in [-0.39, 0.29) is 12.4 Å². The van der Waals surface area contributed by atoms with Crippen molar-refractivity contribution in [3.63, 3.8) is 0 Å². The average molecular weight is 457 g/mol. The van der Waals surface area contributed by atoms with Crippen LogP contribution in [0.1, 0.15) is 38.5 Å². The number of rotatable bonds is 8. The van der Waals surface area contributed by atoms with Crippen LogP contribution >= 0.6 is 0 Å². The van der Waals surface area contributed by atoms with E-state index in [9.17, 15) is 14.7 Å². The number of allylic oxidation sites excluding steroid dienone is 1. The quantitative estimate of drug-likeness (QED) is 0.314. The van der Waals surface area contributed by atoms with Gasteiger partial charge >= 0.3 is 5.63 Å². The van der Waals surface area contributed by atoms with Gasteiger partial charge in [0.1, 0.15) is 35.1 Å². The Balaban J connectivity index is 1.34. The van der Waals surface area contributed by atoms with E-state index < -0.39 is 22.7 Å². The summed E-state index contributed by atoms with van der Waals surface area (Å²) in [6.07, 6.45) is 4.61. The largest absolute Gasteiger partial charge is 0.507 e. The molecule has 4 rings (SSSR count). The molecule has 2 heterocycles. The average Bonchev–Trinajstić information content (AvgIpc) is 3.25. The molecule has 0 radical (unpaired) electrons. The van der Waals surface area contributed by atoms with Crippen molar-refractivity contribution in [3.05, 3.63) is 111 Å². The van der Waals surface area contributed by atoms with Crippen LogP contribution in [0.25, 0.3) is 6.08 Å². The Labute approximate surface area is 195 Å². The molecule has 0 aliphatic rings. The molecule has 0 fully saturated rings. The summed E-state index contributed by atoms with van der Waals surface area (Å²) in [4.78, 5) is 24.1. The number of aromatic nitrogens is 3. The maximum atomic E-state index is 12.3. The van der Waals surface area contributed by atoms with E-state index in [2.05, 4.69) is 29.4 Å². The lowest BCUT2D eigenvalue weighted by atomic mass is 10.1. The second-order valence-electron chi connectivity index (χ2n) is 7.79. The number of carbonyl (C=O) groups is 1. The van der Waals surface area contributed by atoms with E-state index in [0.717, 1.165) is 5.56 Å². The van der Waals surface area contributed by atoms with E-state index >= 15 is 0 Å². The summed E-state index contributed by atoms with van der Waals surface area (Å²) in [6, 6.07) is 16.4. The van der Waals surface area contributed by atoms with Crippen molar-refractivity contribution in [3.8, 4) is 11.5 Å². The molecular weight excluding hydrogens is 434 g/mol. The molecule has 0 aliphatic heterocycles. The van der Waals surface area contributed by atoms with Gasteiger partial charge in [-0.1, -0.05) is 47.7 Å². The minimum Gasteiger partial charge on any atom is -0.507 e. The predicted molar refractivity (Wildman–Crippen MR) is 126 cm³/mol. The highest BCUT2D eigenvalue weighted by molar-refractivity contribution is 6.08. The molecule has 2 aromatic carbocycles. The van der Waals surface area contributed by atoms with Crippen LogP contribution in [-0.4, -0.2) is 25.9 Å². The highest BCUT2D eigenvalue weighted by Gasteiger charge is 2.15. The Morgan fingerprint density at radius 2 is 1.91 bits per heavy atom. The molecular formula is C26H23N3O5. The molecule has 1 N–H and O–H groups in total. The maximum Gasteiger partial charge on any atom is 0.351 e. The van der Waals surface area contributed by atoms with Crippen LogP contribution in [0.3, 0.4) is 0 Å². The molecule has 8 nitrogen and oxygen atoms in total. The Bertz CT molecular complexity index is 1400. The van der Waals surface area contributed by atoms with Gasteiger partial charge in [0.25, 0.3) is 0 Å². The van der Waals surface area contributed by atoms with E-state index in [4.69, 9.17) is 9.15 Å². The standard InChI is InChI=1S/C26H23N3O5/c1-17-5-3-4-6-20(17)14-29-15-21(27-28-29)16-33-22-10-7-19(8-11-22)9-12-23(30)25-24(31)13-18(2)34-26(25)32/h3-13,15,31H,14,16H2,1-2H3/b12-9+. The summed E-state index contributed by atoms with van der Waals surface area (Å²) in [5.41, 5.74) is 2.55. The van der Waals surface area contributed by atoms with Gasteiger partial charge in [-0.05, 0) is 48.7 Å². The van der Waals surface area contributed by atoms with Gasteiger partial charge < -0.3 is 14.3 Å². The highest BCUT2D eigenvalue weighted by atomic mass is 16.5. The van der Waals surface area contributed by atoms with Crippen LogP contribution in [0.2, 0.25) is 0 Å². The molecule has 0 amide bonds. The summed E-state index contributed by atoms with van der Waals surface area (Å²) in [5.74, 6) is -0.176. The van der Waals surface area contributed by atoms with Gasteiger partial charge in [-0.2, -0.15) is 0 Å². The highest BCUT2D eigenvalue weighted by Crippen LogP contribution is 2.18. The zero-order chi connectivity index (χ0) is 24.1. The zero-order valence-corrected chi connectivity index (χ0v) is 18.8. The fourth-order valence-corrected chi connectivity index (χ4v) is 3.35. The monoisotopic (exact) mass is 457 g/mol. The first-order chi connectivity index (χ1) is 16.4. The fraction of sp³-hybridized carbons (Fsp3) is 0.154. The molecule has 0 aliphatic carbocycles. The SMILES string of the molecule is Cc1cc(O)c(C(=O)/C=C/c2ccc(OCc3cn(Cc4ccccc4C)nn3)cc2)c(=O)o1. The van der Waals surface area contributed by atoms with Gasteiger partial charge in [0.05, 0.1) is 12.7 Å². The number of aromatic hydroxyl groups is 1. The summed E-state index contributed by atoms with van der Waals surface area (Å²) in [7, 11) is 0. The fourth-order valence-electron chi connectivity index (χ4n) is 3.35. The first-order valence-electron chi connectivity index (χ1n) is 10.6. The van der Waals surface area contributed by atoms with Crippen LogP contribution < -0.4 is 10.4 Å². The van der Waals surface area contributed by atoms with E-state index in [0.29, 0.717) is 18.0 Å². The van der Waals surface area contributed by atoms with Gasteiger partial charge in [0.15, 0.2) is 5.78 Å². The topological polar surface area (TPSA) is 107 Å². The number of aryl methyl sites for hydroxylation is 2. The van der Waals surface area contributed by atoms with Crippen molar-refractivity contribution >= 4 is 11.9 Å². The van der Waals surface area contributed by atoms with E-state index in [1.807, 2.05) is 18.3 Å². The molecule has 0 saturated carbocycles. The molecule has 8 heteroatoms. The molecule has 172 valence electrons. The lowest BCUT2D eigenvalue weighted by Gasteiger charge is -2.05. The molecule has 0 saturated heterocycles. The minimum absolute atomic E-state index is 0.229. The zero-order valence-electron chi connectivity index (χ0n) is 18.8. The first-order valence-corrected chi connectivity index (χ1v) is 10.6. The third kappa shape index (κ3) is 5.47. The Kier molecular flexibility index (Phi) is 6.68. The number of hydrogen-bond donors (Lipinski definition) is 1. The summed E-state index contributed by atoms with van der Waals surface area (Å²) >= 11 is 0. The Morgan fingerprint density at radius 1 is 1.15 bits per heavy atom. The van der Waals surface area contributed by atoms with Crippen LogP contribution in [0.15, 0.2) is 76.1 Å². The third-order valence-electron chi connectivity index (χ3n) is 5.17. The van der Waals surface area contributed by atoms with Crippen molar-refractivity contribution in [1.82, 2.24) is 15.0 Å². The summed E-state index contributed by atoms with van der Waals surface area (Å²) in [5, 5.41) is 18.2. The van der Waals surface area contributed by atoms with Crippen molar-refractivity contribution in [2.24, 2.45) is 0 Å². The second-order valence-corrected chi connectivity index (χ2v) is 7.79. The predicted octanol–water partition coefficient (Wildman–Crippen LogP) is 4.08. The lowest BCUT2D eigenvalue weighted by Crippen LogP contribution is -2.12.